The van der Waals surface area contributed by atoms with Crippen molar-refractivity contribution in [3.63, 3.8) is 0 Å². The number of rotatable bonds is 9. The average molecular weight is 497 g/mol. The van der Waals surface area contributed by atoms with Crippen LogP contribution in [0, 0.1) is 0 Å². The topological polar surface area (TPSA) is 97.8 Å². The van der Waals surface area contributed by atoms with E-state index in [0.29, 0.717) is 54.6 Å². The zero-order chi connectivity index (χ0) is 25.7. The van der Waals surface area contributed by atoms with Gasteiger partial charge in [-0.1, -0.05) is 18.2 Å². The lowest BCUT2D eigenvalue weighted by molar-refractivity contribution is -0.140. The normalized spacial score (nSPS) is 20.0. The van der Waals surface area contributed by atoms with Crippen LogP contribution in [0.4, 0.5) is 0 Å². The van der Waals surface area contributed by atoms with Gasteiger partial charge in [0.1, 0.15) is 11.5 Å². The zero-order valence-corrected chi connectivity index (χ0v) is 20.9. The molecule has 2 saturated heterocycles. The van der Waals surface area contributed by atoms with E-state index in [0.717, 1.165) is 19.6 Å². The molecule has 2 aliphatic rings. The fourth-order valence-electron chi connectivity index (χ4n) is 4.70. The van der Waals surface area contributed by atoms with Crippen LogP contribution in [0.5, 0.6) is 17.2 Å². The minimum absolute atomic E-state index is 0.0341. The number of carbonyl (C=O) groups excluding carboxylic acids is 2. The van der Waals surface area contributed by atoms with Crippen LogP contribution in [0.25, 0.3) is 5.76 Å². The number of hydrogen-bond acceptors (Lipinski definition) is 8. The molecule has 2 aromatic carbocycles. The Bertz CT molecular complexity index is 1140. The SMILES string of the molecule is COc1cccc(/C(O)=C2\C(=O)C(=O)N(CCCN3CCOCC3)[C@H]2c2ccc(OC)c(OC)c2)c1. The van der Waals surface area contributed by atoms with E-state index < -0.39 is 17.7 Å². The number of aliphatic hydroxyl groups excluding tert-OH is 1. The Morgan fingerprint density at radius 1 is 0.972 bits per heavy atom. The third-order valence-electron chi connectivity index (χ3n) is 6.58. The summed E-state index contributed by atoms with van der Waals surface area (Å²) < 4.78 is 21.5. The van der Waals surface area contributed by atoms with Gasteiger partial charge >= 0.3 is 0 Å². The second-order valence-corrected chi connectivity index (χ2v) is 8.65. The van der Waals surface area contributed by atoms with Gasteiger partial charge in [-0.25, -0.2) is 0 Å². The first-order chi connectivity index (χ1) is 17.5. The van der Waals surface area contributed by atoms with Gasteiger partial charge in [0, 0.05) is 31.7 Å². The number of hydrogen-bond donors (Lipinski definition) is 1. The molecule has 1 atom stereocenters. The molecule has 2 aliphatic heterocycles. The van der Waals surface area contributed by atoms with Gasteiger partial charge in [-0.15, -0.1) is 0 Å². The van der Waals surface area contributed by atoms with Crippen LogP contribution >= 0.6 is 0 Å². The largest absolute Gasteiger partial charge is 0.507 e. The number of ether oxygens (including phenoxy) is 4. The standard InChI is InChI=1S/C27H32N2O7/c1-33-20-7-4-6-19(16-20)25(30)23-24(18-8-9-21(34-2)22(17-18)35-3)29(27(32)26(23)31)11-5-10-28-12-14-36-15-13-28/h4,6-9,16-17,24,30H,5,10-15H2,1-3H3/b25-23+/t24-/m0/s1. The minimum Gasteiger partial charge on any atom is -0.507 e. The molecule has 0 bridgehead atoms. The van der Waals surface area contributed by atoms with Gasteiger partial charge in [-0.2, -0.15) is 0 Å². The second kappa shape index (κ2) is 11.5. The lowest BCUT2D eigenvalue weighted by Crippen LogP contribution is -2.38. The van der Waals surface area contributed by atoms with Gasteiger partial charge in [0.25, 0.3) is 11.7 Å². The molecule has 0 unspecified atom stereocenters. The summed E-state index contributed by atoms with van der Waals surface area (Å²) in [4.78, 5) is 30.3. The van der Waals surface area contributed by atoms with Crippen LogP contribution in [0.1, 0.15) is 23.6 Å². The third kappa shape index (κ3) is 5.17. The van der Waals surface area contributed by atoms with Crippen LogP contribution in [0.15, 0.2) is 48.0 Å². The van der Waals surface area contributed by atoms with Crippen LogP contribution < -0.4 is 14.2 Å². The molecular weight excluding hydrogens is 464 g/mol. The summed E-state index contributed by atoms with van der Waals surface area (Å²) in [6.07, 6.45) is 0.677. The Hall–Kier alpha value is -3.56. The number of amides is 1. The molecule has 9 nitrogen and oxygen atoms in total. The first kappa shape index (κ1) is 25.5. The Balaban J connectivity index is 1.73. The van der Waals surface area contributed by atoms with Crippen molar-refractivity contribution >= 4 is 17.4 Å². The molecule has 0 spiro atoms. The second-order valence-electron chi connectivity index (χ2n) is 8.65. The number of likely N-dealkylation sites (tertiary alicyclic amines) is 1. The van der Waals surface area contributed by atoms with Gasteiger partial charge in [0.15, 0.2) is 11.5 Å². The highest BCUT2D eigenvalue weighted by atomic mass is 16.5. The summed E-state index contributed by atoms with van der Waals surface area (Å²) in [5.41, 5.74) is 1.07. The Morgan fingerprint density at radius 3 is 2.42 bits per heavy atom. The van der Waals surface area contributed by atoms with Crippen molar-refractivity contribution in [3.8, 4) is 17.2 Å². The van der Waals surface area contributed by atoms with Gasteiger partial charge < -0.3 is 29.0 Å². The van der Waals surface area contributed by atoms with Crippen LogP contribution in [0.2, 0.25) is 0 Å². The zero-order valence-electron chi connectivity index (χ0n) is 20.9. The molecule has 1 N–H and O–H groups in total. The van der Waals surface area contributed by atoms with Crippen molar-refractivity contribution in [3.05, 3.63) is 59.2 Å². The van der Waals surface area contributed by atoms with Gasteiger partial charge in [0.05, 0.1) is 46.2 Å². The predicted octanol–water partition coefficient (Wildman–Crippen LogP) is 2.86. The van der Waals surface area contributed by atoms with E-state index in [2.05, 4.69) is 4.90 Å². The fraction of sp³-hybridized carbons (Fsp3) is 0.407. The predicted molar refractivity (Wildman–Crippen MR) is 133 cm³/mol. The molecule has 2 aromatic rings. The maximum Gasteiger partial charge on any atom is 0.295 e. The van der Waals surface area contributed by atoms with Gasteiger partial charge in [-0.05, 0) is 36.2 Å². The maximum atomic E-state index is 13.3. The van der Waals surface area contributed by atoms with Crippen molar-refractivity contribution in [2.45, 2.75) is 12.5 Å². The number of nitrogens with zero attached hydrogens (tertiary/aromatic N) is 2. The van der Waals surface area contributed by atoms with E-state index in [4.69, 9.17) is 18.9 Å². The first-order valence-corrected chi connectivity index (χ1v) is 11.9. The molecular formula is C27H32N2O7. The molecule has 1 amide bonds. The number of Topliss-reactive ketones (excluding diaryl/α,β-unsaturated/α-hetero) is 1. The number of aliphatic hydroxyl groups is 1. The highest BCUT2D eigenvalue weighted by molar-refractivity contribution is 6.46. The molecule has 0 saturated carbocycles. The van der Waals surface area contributed by atoms with E-state index in [9.17, 15) is 14.7 Å². The van der Waals surface area contributed by atoms with Crippen molar-refractivity contribution in [1.29, 1.82) is 0 Å². The number of morpholine rings is 1. The van der Waals surface area contributed by atoms with Crippen LogP contribution in [-0.4, -0.2) is 87.3 Å². The Kier molecular flexibility index (Phi) is 8.12. The number of methoxy groups -OCH3 is 3. The van der Waals surface area contributed by atoms with E-state index in [-0.39, 0.29) is 11.3 Å². The average Bonchev–Trinajstić information content (AvgIpc) is 3.17. The maximum absolute atomic E-state index is 13.3. The summed E-state index contributed by atoms with van der Waals surface area (Å²) in [6.45, 7) is 4.20. The molecule has 2 heterocycles. The molecule has 0 radical (unpaired) electrons. The smallest absolute Gasteiger partial charge is 0.295 e. The first-order valence-electron chi connectivity index (χ1n) is 11.9. The van der Waals surface area contributed by atoms with E-state index in [1.54, 1.807) is 42.5 Å². The van der Waals surface area contributed by atoms with Gasteiger partial charge in [0.2, 0.25) is 0 Å². The number of ketones is 1. The molecule has 192 valence electrons. The van der Waals surface area contributed by atoms with E-state index in [1.807, 2.05) is 0 Å². The highest BCUT2D eigenvalue weighted by Gasteiger charge is 2.46. The molecule has 2 fully saturated rings. The summed E-state index contributed by atoms with van der Waals surface area (Å²) >= 11 is 0. The molecule has 36 heavy (non-hydrogen) atoms. The summed E-state index contributed by atoms with van der Waals surface area (Å²) in [5, 5.41) is 11.3. The molecule has 4 rings (SSSR count). The third-order valence-corrected chi connectivity index (χ3v) is 6.58. The fourth-order valence-corrected chi connectivity index (χ4v) is 4.70. The Labute approximate surface area is 210 Å². The summed E-state index contributed by atoms with van der Waals surface area (Å²) in [6, 6.07) is 11.2. The van der Waals surface area contributed by atoms with E-state index >= 15 is 0 Å². The molecule has 0 aliphatic carbocycles. The lowest BCUT2D eigenvalue weighted by Gasteiger charge is -2.29. The van der Waals surface area contributed by atoms with Crippen LogP contribution in [-0.2, 0) is 14.3 Å². The van der Waals surface area contributed by atoms with Crippen molar-refractivity contribution in [2.24, 2.45) is 0 Å². The molecule has 9 heteroatoms. The quantitative estimate of drug-likeness (QED) is 0.322. The molecule has 0 aromatic heterocycles. The monoisotopic (exact) mass is 496 g/mol. The van der Waals surface area contributed by atoms with E-state index in [1.165, 1.54) is 26.2 Å². The van der Waals surface area contributed by atoms with Crippen LogP contribution in [0.3, 0.4) is 0 Å². The van der Waals surface area contributed by atoms with Crippen molar-refractivity contribution in [2.75, 3.05) is 60.7 Å². The van der Waals surface area contributed by atoms with Gasteiger partial charge in [-0.3, -0.25) is 14.5 Å². The Morgan fingerprint density at radius 2 is 1.72 bits per heavy atom. The minimum atomic E-state index is -0.777. The summed E-state index contributed by atoms with van der Waals surface area (Å²) in [5.74, 6) is -0.0829. The number of benzene rings is 2. The summed E-state index contributed by atoms with van der Waals surface area (Å²) in [7, 11) is 4.59. The van der Waals surface area contributed by atoms with Crippen molar-refractivity contribution < 1.29 is 33.6 Å². The highest BCUT2D eigenvalue weighted by Crippen LogP contribution is 2.42. The lowest BCUT2D eigenvalue weighted by atomic mass is 9.95. The van der Waals surface area contributed by atoms with Crippen molar-refractivity contribution in [1.82, 2.24) is 9.80 Å². The number of carbonyl (C=O) groups is 2.